The van der Waals surface area contributed by atoms with Crippen LogP contribution in [0.25, 0.3) is 21.5 Å². The first-order chi connectivity index (χ1) is 17.8. The largest absolute Gasteiger partial charge is 0.357 e. The van der Waals surface area contributed by atoms with E-state index in [1.165, 1.54) is 48.5 Å². The highest BCUT2D eigenvalue weighted by Gasteiger charge is 2.27. The number of hydrogen-bond acceptors (Lipinski definition) is 10. The highest BCUT2D eigenvalue weighted by atomic mass is 79.9. The van der Waals surface area contributed by atoms with Crippen LogP contribution in [-0.4, -0.2) is 26.3 Å². The van der Waals surface area contributed by atoms with Crippen LogP contribution in [0.1, 0.15) is 0 Å². The van der Waals surface area contributed by atoms with Crippen molar-refractivity contribution in [1.29, 1.82) is 0 Å². The van der Waals surface area contributed by atoms with Crippen molar-refractivity contribution in [3.63, 3.8) is 0 Å². The Morgan fingerprint density at radius 3 is 1.03 bits per heavy atom. The van der Waals surface area contributed by atoms with Crippen molar-refractivity contribution in [2.45, 2.75) is 9.79 Å². The lowest BCUT2D eigenvalue weighted by atomic mass is 10.1. The number of hydrogen-bond donors (Lipinski definition) is 0. The minimum absolute atomic E-state index is 0.00156. The van der Waals surface area contributed by atoms with E-state index in [1.54, 1.807) is 0 Å². The molecule has 0 amide bonds. The van der Waals surface area contributed by atoms with Gasteiger partial charge in [-0.25, -0.2) is 0 Å². The molecular formula is C22H10Br2N2O10S2. The Labute approximate surface area is 228 Å². The Bertz CT molecular complexity index is 1960. The van der Waals surface area contributed by atoms with Crippen molar-refractivity contribution in [2.75, 3.05) is 0 Å². The van der Waals surface area contributed by atoms with Gasteiger partial charge in [0, 0.05) is 8.95 Å². The van der Waals surface area contributed by atoms with Crippen LogP contribution in [0.15, 0.2) is 98.6 Å². The van der Waals surface area contributed by atoms with Crippen molar-refractivity contribution in [3.8, 4) is 0 Å². The molecule has 0 spiro atoms. The van der Waals surface area contributed by atoms with Crippen molar-refractivity contribution in [2.24, 2.45) is 0 Å². The van der Waals surface area contributed by atoms with E-state index >= 15 is 0 Å². The normalized spacial score (nSPS) is 12.3. The molecule has 0 N–H and O–H groups in total. The number of benzene rings is 3. The quantitative estimate of drug-likeness (QED) is 0.253. The van der Waals surface area contributed by atoms with Gasteiger partial charge in [0.1, 0.15) is 9.79 Å². The maximum absolute atomic E-state index is 12.8. The molecule has 0 aliphatic carbocycles. The summed E-state index contributed by atoms with van der Waals surface area (Å²) in [6, 6.07) is 12.1. The van der Waals surface area contributed by atoms with Crippen molar-refractivity contribution >= 4 is 73.6 Å². The van der Waals surface area contributed by atoms with Gasteiger partial charge in [-0.1, -0.05) is 41.3 Å². The van der Waals surface area contributed by atoms with Crippen LogP contribution in [0.3, 0.4) is 0 Å². The van der Waals surface area contributed by atoms with Gasteiger partial charge in [-0.3, -0.25) is 27.7 Å². The summed E-state index contributed by atoms with van der Waals surface area (Å²) in [5, 5.41) is -1.73. The molecule has 0 aliphatic heterocycles. The molecule has 0 bridgehead atoms. The Balaban J connectivity index is 1.61. The molecule has 38 heavy (non-hydrogen) atoms. The van der Waals surface area contributed by atoms with Crippen molar-refractivity contribution in [1.82, 2.24) is 9.46 Å². The number of fused-ring (bicyclic) bond motifs is 2. The lowest BCUT2D eigenvalue weighted by Gasteiger charge is -2.05. The number of rotatable bonds is 6. The van der Waals surface area contributed by atoms with E-state index < -0.39 is 64.0 Å². The van der Waals surface area contributed by atoms with Crippen LogP contribution < -0.4 is 30.8 Å². The third-order valence-corrected chi connectivity index (χ3v) is 8.81. The predicted molar refractivity (Wildman–Crippen MR) is 141 cm³/mol. The zero-order valence-electron chi connectivity index (χ0n) is 18.3. The van der Waals surface area contributed by atoms with Crippen LogP contribution in [0.5, 0.6) is 0 Å². The monoisotopic (exact) mass is 684 g/mol. The summed E-state index contributed by atoms with van der Waals surface area (Å²) in [6.07, 6.45) is 0. The van der Waals surface area contributed by atoms with Gasteiger partial charge in [0.05, 0.1) is 21.5 Å². The third kappa shape index (κ3) is 4.28. The zero-order chi connectivity index (χ0) is 27.6. The van der Waals surface area contributed by atoms with Crippen LogP contribution in [0.2, 0.25) is 0 Å². The second-order valence-electron chi connectivity index (χ2n) is 7.72. The fourth-order valence-electron chi connectivity index (χ4n) is 3.55. The Morgan fingerprint density at radius 2 is 0.763 bits per heavy atom. The molecule has 16 heteroatoms. The summed E-state index contributed by atoms with van der Waals surface area (Å²) in [6.45, 7) is 0. The van der Waals surface area contributed by atoms with Gasteiger partial charge in [0.2, 0.25) is 0 Å². The van der Waals surface area contributed by atoms with Crippen molar-refractivity contribution < 1.29 is 25.4 Å². The molecule has 0 fully saturated rings. The molecule has 0 radical (unpaired) electrons. The van der Waals surface area contributed by atoms with E-state index in [9.17, 15) is 36.0 Å². The highest BCUT2D eigenvalue weighted by Crippen LogP contribution is 2.18. The smallest absolute Gasteiger partial charge is 0.277 e. The molecule has 0 saturated heterocycles. The van der Waals surface area contributed by atoms with E-state index in [1.807, 2.05) is 0 Å². The van der Waals surface area contributed by atoms with Gasteiger partial charge in [-0.2, -0.15) is 16.8 Å². The molecule has 2 heterocycles. The average Bonchev–Trinajstić information content (AvgIpc) is 3.23. The molecule has 5 aromatic rings. The molecule has 0 aliphatic rings. The Morgan fingerprint density at radius 1 is 0.500 bits per heavy atom. The molecule has 0 unspecified atom stereocenters. The molecule has 0 atom stereocenters. The van der Waals surface area contributed by atoms with Crippen LogP contribution in [-0.2, 0) is 20.2 Å². The van der Waals surface area contributed by atoms with E-state index in [2.05, 4.69) is 31.9 Å². The molecule has 3 aromatic carbocycles. The molecule has 2 aromatic heterocycles. The van der Waals surface area contributed by atoms with Gasteiger partial charge < -0.3 is 0 Å². The first kappa shape index (κ1) is 26.0. The number of nitrogens with zero attached hydrogens (tertiary/aromatic N) is 2. The minimum atomic E-state index is -4.60. The number of aromatic nitrogens is 2. The first-order valence-corrected chi connectivity index (χ1v) is 14.6. The van der Waals surface area contributed by atoms with E-state index in [0.29, 0.717) is 8.95 Å². The Hall–Kier alpha value is -3.60. The molecule has 5 rings (SSSR count). The van der Waals surface area contributed by atoms with Gasteiger partial charge >= 0.3 is 20.2 Å². The topological polar surface area (TPSA) is 165 Å². The standard InChI is InChI=1S/C22H10Br2N2O10S2/c23-11-1-5-13(6-2-11)37(31,32)35-25-19(27)15-9-17-18(10-16(15)20(25)28)22(30)26(21(17)29)36-38(33,34)14-7-3-12(24)4-8-14/h1-10H. The van der Waals surface area contributed by atoms with Gasteiger partial charge in [0.25, 0.3) is 22.2 Å². The second kappa shape index (κ2) is 9.00. The average molecular weight is 686 g/mol. The fourth-order valence-corrected chi connectivity index (χ4v) is 5.85. The predicted octanol–water partition coefficient (Wildman–Crippen LogP) is 1.07. The summed E-state index contributed by atoms with van der Waals surface area (Å²) in [5.41, 5.74) is -4.85. The molecule has 194 valence electrons. The summed E-state index contributed by atoms with van der Waals surface area (Å²) < 4.78 is 61.0. The lowest BCUT2D eigenvalue weighted by molar-refractivity contribution is 0.263. The summed E-state index contributed by atoms with van der Waals surface area (Å²) in [7, 11) is -9.21. The van der Waals surface area contributed by atoms with E-state index in [0.717, 1.165) is 12.1 Å². The Kier molecular flexibility index (Phi) is 6.17. The van der Waals surface area contributed by atoms with Gasteiger partial charge in [0.15, 0.2) is 0 Å². The maximum Gasteiger partial charge on any atom is 0.357 e. The summed E-state index contributed by atoms with van der Waals surface area (Å²) in [5.74, 6) is 0. The summed E-state index contributed by atoms with van der Waals surface area (Å²) >= 11 is 6.30. The molecular weight excluding hydrogens is 676 g/mol. The first-order valence-electron chi connectivity index (χ1n) is 10.2. The van der Waals surface area contributed by atoms with Gasteiger partial charge in [-0.05, 0) is 60.7 Å². The van der Waals surface area contributed by atoms with Crippen molar-refractivity contribution in [3.05, 3.63) is 111 Å². The molecule has 12 nitrogen and oxygen atoms in total. The maximum atomic E-state index is 12.8. The lowest BCUT2D eigenvalue weighted by Crippen LogP contribution is -2.36. The minimum Gasteiger partial charge on any atom is -0.277 e. The van der Waals surface area contributed by atoms with E-state index in [-0.39, 0.29) is 19.3 Å². The van der Waals surface area contributed by atoms with Crippen LogP contribution >= 0.6 is 31.9 Å². The zero-order valence-corrected chi connectivity index (χ0v) is 23.1. The molecule has 0 saturated carbocycles. The fraction of sp³-hybridized carbons (Fsp3) is 0. The number of halogens is 2. The van der Waals surface area contributed by atoms with Crippen LogP contribution in [0.4, 0.5) is 0 Å². The summed E-state index contributed by atoms with van der Waals surface area (Å²) in [4.78, 5) is 50.7. The third-order valence-electron chi connectivity index (χ3n) is 5.37. The van der Waals surface area contributed by atoms with E-state index in [4.69, 9.17) is 8.57 Å². The van der Waals surface area contributed by atoms with Gasteiger partial charge in [-0.15, -0.1) is 0 Å². The van der Waals surface area contributed by atoms with Crippen LogP contribution in [0, 0.1) is 0 Å². The highest BCUT2D eigenvalue weighted by molar-refractivity contribution is 9.10. The SMILES string of the molecule is O=c1c2cc3c(=O)n(OS(=O)(=O)c4ccc(Br)cc4)c(=O)c3cc2c(=O)n1OS(=O)(=O)c1ccc(Br)cc1. The second-order valence-corrected chi connectivity index (χ2v) is 12.6.